The zero-order valence-electron chi connectivity index (χ0n) is 13.6. The van der Waals surface area contributed by atoms with Crippen LogP contribution < -0.4 is 5.73 Å². The molecule has 0 aliphatic carbocycles. The van der Waals surface area contributed by atoms with Gasteiger partial charge in [-0.05, 0) is 32.6 Å². The van der Waals surface area contributed by atoms with Crippen molar-refractivity contribution in [2.75, 3.05) is 26.2 Å². The van der Waals surface area contributed by atoms with Gasteiger partial charge < -0.3 is 10.6 Å². The Morgan fingerprint density at radius 3 is 2.15 bits per heavy atom. The largest absolute Gasteiger partial charge is 0.341 e. The molecule has 0 spiro atoms. The molecule has 2 N–H and O–H groups in total. The molecule has 1 unspecified atom stereocenters. The maximum Gasteiger partial charge on any atom is 0.239 e. The Balaban J connectivity index is 2.70. The van der Waals surface area contributed by atoms with Crippen LogP contribution in [0.5, 0.6) is 0 Å². The van der Waals surface area contributed by atoms with E-state index in [4.69, 9.17) is 5.73 Å². The molecule has 0 radical (unpaired) electrons. The van der Waals surface area contributed by atoms with Crippen molar-refractivity contribution >= 4 is 5.91 Å². The van der Waals surface area contributed by atoms with Gasteiger partial charge in [0.15, 0.2) is 0 Å². The number of carbonyl (C=O) groups excluding carboxylic acids is 1. The van der Waals surface area contributed by atoms with Gasteiger partial charge in [-0.2, -0.15) is 0 Å². The zero-order chi connectivity index (χ0) is 15.0. The number of amides is 1. The van der Waals surface area contributed by atoms with E-state index >= 15 is 0 Å². The Kier molecular flexibility index (Phi) is 8.15. The Labute approximate surface area is 124 Å². The summed E-state index contributed by atoms with van der Waals surface area (Å²) >= 11 is 0. The molecule has 1 aliphatic rings. The number of likely N-dealkylation sites (tertiary alicyclic amines) is 1. The summed E-state index contributed by atoms with van der Waals surface area (Å²) in [5.74, 6) is 0.298. The number of hydrogen-bond donors (Lipinski definition) is 1. The SMILES string of the molecule is CCC(CC)N(CCN)C(C)C(=O)N1CCCCCC1. The monoisotopic (exact) mass is 283 g/mol. The molecule has 1 heterocycles. The third kappa shape index (κ3) is 4.74. The molecule has 0 aromatic heterocycles. The summed E-state index contributed by atoms with van der Waals surface area (Å²) in [5.41, 5.74) is 5.75. The van der Waals surface area contributed by atoms with E-state index < -0.39 is 0 Å². The summed E-state index contributed by atoms with van der Waals surface area (Å²) in [7, 11) is 0. The van der Waals surface area contributed by atoms with Gasteiger partial charge in [-0.25, -0.2) is 0 Å². The Morgan fingerprint density at radius 2 is 1.70 bits per heavy atom. The van der Waals surface area contributed by atoms with E-state index in [9.17, 15) is 4.79 Å². The van der Waals surface area contributed by atoms with E-state index in [0.29, 0.717) is 18.5 Å². The van der Waals surface area contributed by atoms with Crippen LogP contribution in [0.2, 0.25) is 0 Å². The molecule has 20 heavy (non-hydrogen) atoms. The lowest BCUT2D eigenvalue weighted by Gasteiger charge is -2.37. The molecule has 1 rings (SSSR count). The van der Waals surface area contributed by atoms with Gasteiger partial charge in [0.1, 0.15) is 0 Å². The first kappa shape index (κ1) is 17.4. The minimum absolute atomic E-state index is 0.0402. The molecule has 1 aliphatic heterocycles. The summed E-state index contributed by atoms with van der Waals surface area (Å²) in [5, 5.41) is 0. The Bertz CT molecular complexity index is 271. The van der Waals surface area contributed by atoms with Crippen LogP contribution in [-0.2, 0) is 4.79 Å². The molecular weight excluding hydrogens is 250 g/mol. The van der Waals surface area contributed by atoms with Crippen molar-refractivity contribution in [3.05, 3.63) is 0 Å². The van der Waals surface area contributed by atoms with Crippen molar-refractivity contribution in [3.8, 4) is 0 Å². The third-order valence-corrected chi connectivity index (χ3v) is 4.57. The molecule has 4 nitrogen and oxygen atoms in total. The smallest absolute Gasteiger partial charge is 0.239 e. The molecular formula is C16H33N3O. The Hall–Kier alpha value is -0.610. The molecule has 118 valence electrons. The lowest BCUT2D eigenvalue weighted by Crippen LogP contribution is -2.52. The maximum atomic E-state index is 12.7. The van der Waals surface area contributed by atoms with Gasteiger partial charge in [0, 0.05) is 32.2 Å². The van der Waals surface area contributed by atoms with Crippen molar-refractivity contribution in [1.29, 1.82) is 0 Å². The molecule has 1 amide bonds. The molecule has 0 aromatic carbocycles. The number of carbonyl (C=O) groups is 1. The van der Waals surface area contributed by atoms with E-state index in [1.165, 1.54) is 12.8 Å². The quantitative estimate of drug-likeness (QED) is 0.779. The van der Waals surface area contributed by atoms with Gasteiger partial charge in [0.2, 0.25) is 5.91 Å². The average molecular weight is 283 g/mol. The minimum Gasteiger partial charge on any atom is -0.341 e. The first-order valence-electron chi connectivity index (χ1n) is 8.40. The van der Waals surface area contributed by atoms with Crippen LogP contribution in [0.4, 0.5) is 0 Å². The summed E-state index contributed by atoms with van der Waals surface area (Å²) in [6, 6.07) is 0.422. The third-order valence-electron chi connectivity index (χ3n) is 4.57. The second kappa shape index (κ2) is 9.35. The first-order valence-corrected chi connectivity index (χ1v) is 8.40. The Morgan fingerprint density at radius 1 is 1.15 bits per heavy atom. The highest BCUT2D eigenvalue weighted by Gasteiger charge is 2.29. The summed E-state index contributed by atoms with van der Waals surface area (Å²) < 4.78 is 0. The van der Waals surface area contributed by atoms with Crippen molar-refractivity contribution in [3.63, 3.8) is 0 Å². The fraction of sp³-hybridized carbons (Fsp3) is 0.938. The lowest BCUT2D eigenvalue weighted by atomic mass is 10.1. The standard InChI is InChI=1S/C16H33N3O/c1-4-15(5-2)19(13-10-17)14(3)16(20)18-11-8-6-7-9-12-18/h14-15H,4-13,17H2,1-3H3. The van der Waals surface area contributed by atoms with Crippen molar-refractivity contribution < 1.29 is 4.79 Å². The van der Waals surface area contributed by atoms with Gasteiger partial charge in [-0.1, -0.05) is 26.7 Å². The normalized spacial score (nSPS) is 18.4. The number of nitrogens with two attached hydrogens (primary N) is 1. The molecule has 0 saturated carbocycles. The van der Waals surface area contributed by atoms with E-state index in [1.54, 1.807) is 0 Å². The van der Waals surface area contributed by atoms with E-state index in [-0.39, 0.29) is 6.04 Å². The molecule has 0 aromatic rings. The fourth-order valence-corrected chi connectivity index (χ4v) is 3.30. The number of rotatable bonds is 7. The fourth-order valence-electron chi connectivity index (χ4n) is 3.30. The van der Waals surface area contributed by atoms with Crippen molar-refractivity contribution in [2.45, 2.75) is 71.4 Å². The minimum atomic E-state index is -0.0402. The number of hydrogen-bond acceptors (Lipinski definition) is 3. The molecule has 4 heteroatoms. The predicted molar refractivity (Wildman–Crippen MR) is 84.6 cm³/mol. The van der Waals surface area contributed by atoms with Crippen molar-refractivity contribution in [2.24, 2.45) is 5.73 Å². The summed E-state index contributed by atoms with van der Waals surface area (Å²) in [6.45, 7) is 9.75. The second-order valence-electron chi connectivity index (χ2n) is 5.91. The summed E-state index contributed by atoms with van der Waals surface area (Å²) in [6.07, 6.45) is 6.98. The first-order chi connectivity index (χ1) is 9.65. The van der Waals surface area contributed by atoms with Crippen LogP contribution in [0, 0.1) is 0 Å². The topological polar surface area (TPSA) is 49.6 Å². The van der Waals surface area contributed by atoms with Crippen LogP contribution in [0.15, 0.2) is 0 Å². The molecule has 1 atom stereocenters. The van der Waals surface area contributed by atoms with Crippen molar-refractivity contribution in [1.82, 2.24) is 9.80 Å². The van der Waals surface area contributed by atoms with Crippen LogP contribution in [-0.4, -0.2) is 54.0 Å². The molecule has 1 saturated heterocycles. The highest BCUT2D eigenvalue weighted by atomic mass is 16.2. The van der Waals surface area contributed by atoms with Gasteiger partial charge in [0.05, 0.1) is 6.04 Å². The van der Waals surface area contributed by atoms with E-state index in [2.05, 4.69) is 30.6 Å². The second-order valence-corrected chi connectivity index (χ2v) is 5.91. The van der Waals surface area contributed by atoms with Crippen LogP contribution in [0.3, 0.4) is 0 Å². The molecule has 0 bridgehead atoms. The highest BCUT2D eigenvalue weighted by molar-refractivity contribution is 5.81. The van der Waals surface area contributed by atoms with Gasteiger partial charge in [-0.3, -0.25) is 9.69 Å². The van der Waals surface area contributed by atoms with Crippen LogP contribution >= 0.6 is 0 Å². The van der Waals surface area contributed by atoms with Crippen LogP contribution in [0.25, 0.3) is 0 Å². The summed E-state index contributed by atoms with van der Waals surface area (Å²) in [4.78, 5) is 17.1. The van der Waals surface area contributed by atoms with E-state index in [0.717, 1.165) is 45.3 Å². The van der Waals surface area contributed by atoms with Gasteiger partial charge in [0.25, 0.3) is 0 Å². The zero-order valence-corrected chi connectivity index (χ0v) is 13.6. The average Bonchev–Trinajstić information content (AvgIpc) is 2.75. The highest BCUT2D eigenvalue weighted by Crippen LogP contribution is 2.16. The van der Waals surface area contributed by atoms with Gasteiger partial charge >= 0.3 is 0 Å². The molecule has 1 fully saturated rings. The van der Waals surface area contributed by atoms with E-state index in [1.807, 2.05) is 0 Å². The maximum absolute atomic E-state index is 12.7. The predicted octanol–water partition coefficient (Wildman–Crippen LogP) is 2.23. The number of nitrogens with zero attached hydrogens (tertiary/aromatic N) is 2. The van der Waals surface area contributed by atoms with Gasteiger partial charge in [-0.15, -0.1) is 0 Å². The van der Waals surface area contributed by atoms with Crippen LogP contribution in [0.1, 0.15) is 59.3 Å². The lowest BCUT2D eigenvalue weighted by molar-refractivity contribution is -0.137.